The van der Waals surface area contributed by atoms with Crippen molar-refractivity contribution < 1.29 is 41.8 Å². The molecule has 0 radical (unpaired) electrons. The molecule has 2 aliphatic rings. The maximum Gasteiger partial charge on any atom is 0.402 e. The smallest absolute Gasteiger partial charge is 0.386 e. The monoisotopic (exact) mass is 390 g/mol. The van der Waals surface area contributed by atoms with Gasteiger partial charge in [0.15, 0.2) is 0 Å². The lowest BCUT2D eigenvalue weighted by atomic mass is 9.71. The Morgan fingerprint density at radius 3 is 1.43 bits per heavy atom. The number of cyclic esters (lactones) is 4. The number of halogens is 3. The van der Waals surface area contributed by atoms with Gasteiger partial charge in [-0.05, 0) is 30.2 Å². The topological polar surface area (TPSA) is 86.7 Å². The average Bonchev–Trinajstić information content (AvgIpc) is 3.09. The summed E-state index contributed by atoms with van der Waals surface area (Å²) < 4.78 is 52.1. The van der Waals surface area contributed by atoms with Gasteiger partial charge >= 0.3 is 30.1 Å². The molecule has 9 heteroatoms. The van der Waals surface area contributed by atoms with E-state index in [0.29, 0.717) is 0 Å². The second kappa shape index (κ2) is 5.51. The molecule has 0 aromatic heterocycles. The maximum absolute atomic E-state index is 14.4. The van der Waals surface area contributed by atoms with E-state index in [1.807, 2.05) is 0 Å². The highest BCUT2D eigenvalue weighted by atomic mass is 19.4. The van der Waals surface area contributed by atoms with Crippen molar-refractivity contribution >= 4 is 23.9 Å². The van der Waals surface area contributed by atoms with E-state index in [-0.39, 0.29) is 11.1 Å². The van der Waals surface area contributed by atoms with Crippen LogP contribution in [0.25, 0.3) is 0 Å². The van der Waals surface area contributed by atoms with E-state index in [4.69, 9.17) is 0 Å². The van der Waals surface area contributed by atoms with Crippen LogP contribution >= 0.6 is 0 Å². The minimum absolute atomic E-state index is 0.302. The Morgan fingerprint density at radius 1 is 0.679 bits per heavy atom. The number of carbonyl (C=O) groups excluding carboxylic acids is 4. The summed E-state index contributed by atoms with van der Waals surface area (Å²) in [5.74, 6) is -4.53. The Balaban J connectivity index is 2.10. The van der Waals surface area contributed by atoms with Crippen molar-refractivity contribution in [2.45, 2.75) is 18.5 Å². The molecule has 2 aromatic rings. The molecular weight excluding hydrogens is 381 g/mol. The van der Waals surface area contributed by atoms with Gasteiger partial charge in [0.25, 0.3) is 0 Å². The molecule has 0 spiro atoms. The molecular formula is C19H9F3O6. The van der Waals surface area contributed by atoms with Crippen molar-refractivity contribution in [1.82, 2.24) is 0 Å². The number of benzene rings is 2. The van der Waals surface area contributed by atoms with Crippen LogP contribution in [0.5, 0.6) is 0 Å². The highest BCUT2D eigenvalue weighted by molar-refractivity contribution is 6.17. The normalized spacial score (nSPS) is 16.0. The SMILES string of the molecule is CC(c1cccc2c1C(=O)OC2=O)(c1cccc2c1C(=O)OC2=O)C(F)(F)F. The molecule has 0 atom stereocenters. The van der Waals surface area contributed by atoms with Gasteiger partial charge in [-0.25, -0.2) is 19.2 Å². The molecule has 4 rings (SSSR count). The fourth-order valence-corrected chi connectivity index (χ4v) is 3.55. The third kappa shape index (κ3) is 2.16. The minimum Gasteiger partial charge on any atom is -0.386 e. The predicted octanol–water partition coefficient (Wildman–Crippen LogP) is 3.18. The molecule has 142 valence electrons. The molecule has 0 saturated carbocycles. The number of carbonyl (C=O) groups is 4. The number of esters is 4. The van der Waals surface area contributed by atoms with Crippen molar-refractivity contribution in [2.75, 3.05) is 0 Å². The van der Waals surface area contributed by atoms with Crippen LogP contribution in [-0.4, -0.2) is 30.1 Å². The molecule has 0 amide bonds. The van der Waals surface area contributed by atoms with Gasteiger partial charge in [0.1, 0.15) is 5.41 Å². The average molecular weight is 390 g/mol. The Labute approximate surface area is 154 Å². The summed E-state index contributed by atoms with van der Waals surface area (Å²) in [5, 5.41) is 0. The number of fused-ring (bicyclic) bond motifs is 2. The molecule has 6 nitrogen and oxygen atoms in total. The quantitative estimate of drug-likeness (QED) is 0.578. The van der Waals surface area contributed by atoms with E-state index in [0.717, 1.165) is 19.1 Å². The fourth-order valence-electron chi connectivity index (χ4n) is 3.55. The number of hydrogen-bond acceptors (Lipinski definition) is 6. The van der Waals surface area contributed by atoms with E-state index < -0.39 is 57.7 Å². The predicted molar refractivity (Wildman–Crippen MR) is 84.9 cm³/mol. The Kier molecular flexibility index (Phi) is 3.52. The fraction of sp³-hybridized carbons (Fsp3) is 0.158. The van der Waals surface area contributed by atoms with Crippen molar-refractivity contribution in [3.8, 4) is 0 Å². The first kappa shape index (κ1) is 17.9. The molecule has 28 heavy (non-hydrogen) atoms. The zero-order valence-corrected chi connectivity index (χ0v) is 14.0. The van der Waals surface area contributed by atoms with Crippen LogP contribution in [0.2, 0.25) is 0 Å². The summed E-state index contributed by atoms with van der Waals surface area (Å²) in [6, 6.07) is 6.79. The van der Waals surface area contributed by atoms with Crippen LogP contribution in [0.1, 0.15) is 59.5 Å². The summed E-state index contributed by atoms with van der Waals surface area (Å²) in [5.41, 5.74) is -5.68. The van der Waals surface area contributed by atoms with Crippen molar-refractivity contribution in [3.63, 3.8) is 0 Å². The first-order chi connectivity index (χ1) is 13.1. The lowest BCUT2D eigenvalue weighted by molar-refractivity contribution is -0.173. The van der Waals surface area contributed by atoms with Gasteiger partial charge < -0.3 is 9.47 Å². The van der Waals surface area contributed by atoms with Crippen molar-refractivity contribution in [3.05, 3.63) is 69.8 Å². The lowest BCUT2D eigenvalue weighted by Gasteiger charge is -2.34. The standard InChI is InChI=1S/C19H9F3O6/c1-18(19(20,21)22,10-6-2-4-8-12(10)16(25)27-14(8)23)11-7-3-5-9-13(11)17(26)28-15(9)24/h2-7H,1H3. The minimum atomic E-state index is -5.00. The molecule has 2 heterocycles. The Hall–Kier alpha value is -3.49. The van der Waals surface area contributed by atoms with Crippen LogP contribution in [-0.2, 0) is 14.9 Å². The second-order valence-corrected chi connectivity index (χ2v) is 6.43. The Morgan fingerprint density at radius 2 is 1.07 bits per heavy atom. The van der Waals surface area contributed by atoms with Gasteiger partial charge in [-0.15, -0.1) is 0 Å². The molecule has 0 N–H and O–H groups in total. The zero-order chi connectivity index (χ0) is 20.4. The van der Waals surface area contributed by atoms with Crippen molar-refractivity contribution in [2.24, 2.45) is 0 Å². The van der Waals surface area contributed by atoms with Gasteiger partial charge in [-0.2, -0.15) is 13.2 Å². The largest absolute Gasteiger partial charge is 0.402 e. The molecule has 0 fully saturated rings. The molecule has 0 unspecified atom stereocenters. The molecule has 2 aromatic carbocycles. The van der Waals surface area contributed by atoms with Crippen LogP contribution < -0.4 is 0 Å². The lowest BCUT2D eigenvalue weighted by Crippen LogP contribution is -2.43. The highest BCUT2D eigenvalue weighted by Gasteiger charge is 2.58. The summed E-state index contributed by atoms with van der Waals surface area (Å²) in [7, 11) is 0. The summed E-state index contributed by atoms with van der Waals surface area (Å²) in [4.78, 5) is 47.8. The molecule has 2 aliphatic heterocycles. The number of hydrogen-bond donors (Lipinski definition) is 0. The second-order valence-electron chi connectivity index (χ2n) is 6.43. The zero-order valence-electron chi connectivity index (χ0n) is 14.0. The first-order valence-corrected chi connectivity index (χ1v) is 7.94. The van der Waals surface area contributed by atoms with E-state index >= 15 is 0 Å². The summed E-state index contributed by atoms with van der Waals surface area (Å²) >= 11 is 0. The molecule has 0 aliphatic carbocycles. The van der Waals surface area contributed by atoms with Crippen LogP contribution in [0.4, 0.5) is 13.2 Å². The third-order valence-electron chi connectivity index (χ3n) is 4.99. The number of ether oxygens (including phenoxy) is 2. The van der Waals surface area contributed by atoms with Crippen LogP contribution in [0, 0.1) is 0 Å². The number of alkyl halides is 3. The van der Waals surface area contributed by atoms with Gasteiger partial charge in [0, 0.05) is 0 Å². The highest BCUT2D eigenvalue weighted by Crippen LogP contribution is 2.50. The third-order valence-corrected chi connectivity index (χ3v) is 4.99. The van der Waals surface area contributed by atoms with Crippen molar-refractivity contribution in [1.29, 1.82) is 0 Å². The van der Waals surface area contributed by atoms with Gasteiger partial charge in [-0.1, -0.05) is 24.3 Å². The Bertz CT molecular complexity index is 1020. The summed E-state index contributed by atoms with van der Waals surface area (Å²) in [6.45, 7) is 0.768. The first-order valence-electron chi connectivity index (χ1n) is 7.94. The van der Waals surface area contributed by atoms with Gasteiger partial charge in [0.05, 0.1) is 22.3 Å². The van der Waals surface area contributed by atoms with Crippen LogP contribution in [0.15, 0.2) is 36.4 Å². The van der Waals surface area contributed by atoms with E-state index in [2.05, 4.69) is 9.47 Å². The van der Waals surface area contributed by atoms with Gasteiger partial charge in [-0.3, -0.25) is 0 Å². The molecule has 0 saturated heterocycles. The van der Waals surface area contributed by atoms with E-state index in [1.54, 1.807) is 0 Å². The summed E-state index contributed by atoms with van der Waals surface area (Å²) in [6.07, 6.45) is -5.00. The number of rotatable bonds is 2. The molecule has 0 bridgehead atoms. The van der Waals surface area contributed by atoms with Gasteiger partial charge in [0.2, 0.25) is 0 Å². The van der Waals surface area contributed by atoms with E-state index in [1.165, 1.54) is 24.3 Å². The van der Waals surface area contributed by atoms with Crippen LogP contribution in [0.3, 0.4) is 0 Å². The van der Waals surface area contributed by atoms with E-state index in [9.17, 15) is 32.3 Å². The maximum atomic E-state index is 14.4.